The van der Waals surface area contributed by atoms with E-state index in [9.17, 15) is 9.59 Å². The smallest absolute Gasteiger partial charge is 0.330 e. The Morgan fingerprint density at radius 3 is 2.69 bits per heavy atom. The summed E-state index contributed by atoms with van der Waals surface area (Å²) < 4.78 is 16.1. The molecule has 29 heavy (non-hydrogen) atoms. The number of hydrogen-bond acceptors (Lipinski definition) is 5. The SMILES string of the molecule is COC(=O)C=C1CC2C3CCc4cc(OC)ccc4C3CCC2(C)C1OC(C)=O. The van der Waals surface area contributed by atoms with Crippen LogP contribution in [0.5, 0.6) is 5.75 Å². The zero-order chi connectivity index (χ0) is 20.8. The molecule has 5 atom stereocenters. The number of benzene rings is 1. The first-order chi connectivity index (χ1) is 13.9. The fourth-order valence-electron chi connectivity index (χ4n) is 6.25. The second-order valence-electron chi connectivity index (χ2n) is 8.96. The van der Waals surface area contributed by atoms with E-state index in [2.05, 4.69) is 25.1 Å². The van der Waals surface area contributed by atoms with Crippen molar-refractivity contribution >= 4 is 11.9 Å². The van der Waals surface area contributed by atoms with E-state index in [1.54, 1.807) is 13.2 Å². The summed E-state index contributed by atoms with van der Waals surface area (Å²) in [6, 6.07) is 6.48. The molecule has 1 aromatic carbocycles. The monoisotopic (exact) mass is 398 g/mol. The minimum atomic E-state index is -0.378. The Kier molecular flexibility index (Phi) is 5.18. The molecule has 0 radical (unpaired) electrons. The summed E-state index contributed by atoms with van der Waals surface area (Å²) in [6.07, 6.45) is 6.19. The topological polar surface area (TPSA) is 61.8 Å². The van der Waals surface area contributed by atoms with Crippen molar-refractivity contribution in [2.45, 2.75) is 58.0 Å². The third-order valence-corrected chi connectivity index (χ3v) is 7.55. The molecule has 0 heterocycles. The quantitative estimate of drug-likeness (QED) is 0.564. The third kappa shape index (κ3) is 3.34. The van der Waals surface area contributed by atoms with Gasteiger partial charge < -0.3 is 14.2 Å². The van der Waals surface area contributed by atoms with Crippen molar-refractivity contribution in [3.63, 3.8) is 0 Å². The van der Waals surface area contributed by atoms with E-state index < -0.39 is 0 Å². The highest BCUT2D eigenvalue weighted by atomic mass is 16.5. The molecule has 5 unspecified atom stereocenters. The molecule has 5 heteroatoms. The van der Waals surface area contributed by atoms with Crippen molar-refractivity contribution in [3.8, 4) is 5.75 Å². The van der Waals surface area contributed by atoms with Gasteiger partial charge in [-0.3, -0.25) is 4.79 Å². The maximum Gasteiger partial charge on any atom is 0.330 e. The van der Waals surface area contributed by atoms with Crippen LogP contribution in [0.25, 0.3) is 0 Å². The Balaban J connectivity index is 1.69. The molecule has 0 aliphatic heterocycles. The largest absolute Gasteiger partial charge is 0.497 e. The molecule has 5 nitrogen and oxygen atoms in total. The van der Waals surface area contributed by atoms with Gasteiger partial charge in [-0.2, -0.15) is 0 Å². The van der Waals surface area contributed by atoms with Crippen LogP contribution in [0.1, 0.15) is 56.6 Å². The van der Waals surface area contributed by atoms with Crippen LogP contribution in [0, 0.1) is 17.3 Å². The standard InChI is InChI=1S/C24H30O5/c1-14(25)29-23-16(13-22(26)28-4)12-21-20-7-5-15-11-17(27-3)6-8-18(15)19(20)9-10-24(21,23)2/h6,8,11,13,19-21,23H,5,7,9-10,12H2,1-4H3. The van der Waals surface area contributed by atoms with Crippen LogP contribution >= 0.6 is 0 Å². The van der Waals surface area contributed by atoms with Crippen molar-refractivity contribution in [3.05, 3.63) is 41.0 Å². The Labute approximate surface area is 172 Å². The Morgan fingerprint density at radius 1 is 1.21 bits per heavy atom. The third-order valence-electron chi connectivity index (χ3n) is 7.55. The van der Waals surface area contributed by atoms with Gasteiger partial charge in [-0.1, -0.05) is 13.0 Å². The molecule has 1 aromatic rings. The number of carbonyl (C=O) groups is 2. The summed E-state index contributed by atoms with van der Waals surface area (Å²) in [5.41, 5.74) is 3.60. The zero-order valence-corrected chi connectivity index (χ0v) is 17.7. The lowest BCUT2D eigenvalue weighted by atomic mass is 9.55. The molecular weight excluding hydrogens is 368 g/mol. The van der Waals surface area contributed by atoms with Crippen LogP contribution in [0.4, 0.5) is 0 Å². The van der Waals surface area contributed by atoms with Crippen LogP contribution in [-0.2, 0) is 25.5 Å². The molecule has 0 spiro atoms. The number of hydrogen-bond donors (Lipinski definition) is 0. The molecule has 4 rings (SSSR count). The molecule has 0 bridgehead atoms. The number of esters is 2. The predicted molar refractivity (Wildman–Crippen MR) is 109 cm³/mol. The molecule has 156 valence electrons. The van der Waals surface area contributed by atoms with E-state index in [0.717, 1.165) is 43.4 Å². The van der Waals surface area contributed by atoms with Crippen molar-refractivity contribution in [2.75, 3.05) is 14.2 Å². The first kappa shape index (κ1) is 20.0. The van der Waals surface area contributed by atoms with Crippen molar-refractivity contribution < 1.29 is 23.8 Å². The molecule has 0 saturated heterocycles. The van der Waals surface area contributed by atoms with Gasteiger partial charge in [0, 0.05) is 18.4 Å². The van der Waals surface area contributed by atoms with Gasteiger partial charge >= 0.3 is 11.9 Å². The highest BCUT2D eigenvalue weighted by Crippen LogP contribution is 2.63. The first-order valence-electron chi connectivity index (χ1n) is 10.5. The second kappa shape index (κ2) is 7.51. The van der Waals surface area contributed by atoms with Gasteiger partial charge in [0.25, 0.3) is 0 Å². The van der Waals surface area contributed by atoms with E-state index in [4.69, 9.17) is 14.2 Å². The number of fused-ring (bicyclic) bond motifs is 5. The fraction of sp³-hybridized carbons (Fsp3) is 0.583. The first-order valence-corrected chi connectivity index (χ1v) is 10.5. The molecule has 3 aliphatic rings. The van der Waals surface area contributed by atoms with Crippen LogP contribution < -0.4 is 4.74 Å². The van der Waals surface area contributed by atoms with E-state index in [1.807, 2.05) is 0 Å². The Morgan fingerprint density at radius 2 is 2.00 bits per heavy atom. The molecule has 2 saturated carbocycles. The van der Waals surface area contributed by atoms with E-state index >= 15 is 0 Å². The number of rotatable bonds is 3. The summed E-state index contributed by atoms with van der Waals surface area (Å²) >= 11 is 0. The van der Waals surface area contributed by atoms with E-state index in [-0.39, 0.29) is 23.5 Å². The van der Waals surface area contributed by atoms with Crippen molar-refractivity contribution in [1.82, 2.24) is 0 Å². The number of aryl methyl sites for hydroxylation is 1. The summed E-state index contributed by atoms with van der Waals surface area (Å²) in [5.74, 6) is 1.67. The van der Waals surface area contributed by atoms with Gasteiger partial charge in [0.1, 0.15) is 11.9 Å². The second-order valence-corrected chi connectivity index (χ2v) is 8.96. The predicted octanol–water partition coefficient (Wildman–Crippen LogP) is 4.19. The zero-order valence-electron chi connectivity index (χ0n) is 17.7. The maximum atomic E-state index is 12.0. The van der Waals surface area contributed by atoms with Crippen LogP contribution in [-0.4, -0.2) is 32.3 Å². The minimum absolute atomic E-state index is 0.142. The van der Waals surface area contributed by atoms with E-state index in [0.29, 0.717) is 17.8 Å². The average Bonchev–Trinajstić information content (AvgIpc) is 2.98. The van der Waals surface area contributed by atoms with Crippen LogP contribution in [0.3, 0.4) is 0 Å². The molecule has 3 aliphatic carbocycles. The summed E-state index contributed by atoms with van der Waals surface area (Å²) in [7, 11) is 3.09. The minimum Gasteiger partial charge on any atom is -0.497 e. The maximum absolute atomic E-state index is 12.0. The van der Waals surface area contributed by atoms with Gasteiger partial charge in [-0.15, -0.1) is 0 Å². The van der Waals surface area contributed by atoms with Gasteiger partial charge in [0.15, 0.2) is 0 Å². The van der Waals surface area contributed by atoms with Gasteiger partial charge in [-0.05, 0) is 78.7 Å². The van der Waals surface area contributed by atoms with Crippen molar-refractivity contribution in [1.29, 1.82) is 0 Å². The molecule has 0 N–H and O–H groups in total. The summed E-state index contributed by atoms with van der Waals surface area (Å²) in [6.45, 7) is 3.69. The summed E-state index contributed by atoms with van der Waals surface area (Å²) in [4.78, 5) is 23.8. The Bertz CT molecular complexity index is 857. The molecule has 0 amide bonds. The fourth-order valence-corrected chi connectivity index (χ4v) is 6.25. The molecule has 0 aromatic heterocycles. The summed E-state index contributed by atoms with van der Waals surface area (Å²) in [5, 5.41) is 0. The number of ether oxygens (including phenoxy) is 3. The number of carbonyl (C=O) groups excluding carboxylic acids is 2. The molecule has 2 fully saturated rings. The average molecular weight is 398 g/mol. The van der Waals surface area contributed by atoms with Crippen molar-refractivity contribution in [2.24, 2.45) is 17.3 Å². The molecular formula is C24H30O5. The lowest BCUT2D eigenvalue weighted by Gasteiger charge is -2.50. The highest BCUT2D eigenvalue weighted by Gasteiger charge is 2.58. The lowest BCUT2D eigenvalue weighted by molar-refractivity contribution is -0.152. The lowest BCUT2D eigenvalue weighted by Crippen LogP contribution is -2.45. The Hall–Kier alpha value is -2.30. The van der Waals surface area contributed by atoms with E-state index in [1.165, 1.54) is 25.2 Å². The van der Waals surface area contributed by atoms with Gasteiger partial charge in [0.05, 0.1) is 14.2 Å². The van der Waals surface area contributed by atoms with Crippen LogP contribution in [0.15, 0.2) is 29.8 Å². The number of methoxy groups -OCH3 is 2. The van der Waals surface area contributed by atoms with Gasteiger partial charge in [-0.25, -0.2) is 4.79 Å². The normalized spacial score (nSPS) is 34.0. The highest BCUT2D eigenvalue weighted by molar-refractivity contribution is 5.83. The van der Waals surface area contributed by atoms with Gasteiger partial charge in [0.2, 0.25) is 0 Å². The van der Waals surface area contributed by atoms with Crippen LogP contribution in [0.2, 0.25) is 0 Å².